The normalized spacial score (nSPS) is 14.0. The van der Waals surface area contributed by atoms with Crippen LogP contribution >= 0.6 is 22.9 Å². The van der Waals surface area contributed by atoms with Gasteiger partial charge in [-0.1, -0.05) is 6.07 Å². The number of unbranched alkanes of at least 4 members (excludes halogenated alkanes) is 1. The zero-order chi connectivity index (χ0) is 13.6. The van der Waals surface area contributed by atoms with E-state index in [1.165, 1.54) is 9.18 Å². The Balaban J connectivity index is 2.53. The number of likely N-dealkylation sites (N-methyl/N-ethyl adjacent to an activating group) is 1. The lowest BCUT2D eigenvalue weighted by molar-refractivity contribution is 0.387. The molecular formula is C12H20ClNO2S2. The van der Waals surface area contributed by atoms with Gasteiger partial charge in [0.15, 0.2) is 0 Å². The summed E-state index contributed by atoms with van der Waals surface area (Å²) in [7, 11) is -1.49. The molecule has 18 heavy (non-hydrogen) atoms. The van der Waals surface area contributed by atoms with E-state index in [1.54, 1.807) is 18.4 Å². The molecule has 0 aromatic carbocycles. The molecule has 1 aromatic heterocycles. The van der Waals surface area contributed by atoms with Crippen LogP contribution in [-0.2, 0) is 16.4 Å². The van der Waals surface area contributed by atoms with Crippen LogP contribution < -0.4 is 0 Å². The van der Waals surface area contributed by atoms with Gasteiger partial charge in [0, 0.05) is 23.8 Å². The molecule has 0 aliphatic carbocycles. The molecule has 1 rings (SSSR count). The largest absolute Gasteiger partial charge is 0.214 e. The molecule has 0 N–H and O–H groups in total. The maximum Gasteiger partial charge on any atom is 0.214 e. The molecule has 3 nitrogen and oxygen atoms in total. The van der Waals surface area contributed by atoms with Gasteiger partial charge in [-0.15, -0.1) is 22.9 Å². The number of alkyl halides is 1. The topological polar surface area (TPSA) is 37.4 Å². The number of halogens is 1. The predicted octanol–water partition coefficient (Wildman–Crippen LogP) is 2.96. The minimum absolute atomic E-state index is 0.00958. The minimum Gasteiger partial charge on any atom is -0.212 e. The molecule has 0 spiro atoms. The van der Waals surface area contributed by atoms with Crippen LogP contribution in [0.4, 0.5) is 0 Å². The van der Waals surface area contributed by atoms with Gasteiger partial charge in [0.1, 0.15) is 0 Å². The molecule has 1 atom stereocenters. The maximum absolute atomic E-state index is 12.1. The number of rotatable bonds is 8. The van der Waals surface area contributed by atoms with Crippen LogP contribution in [0.3, 0.4) is 0 Å². The predicted molar refractivity (Wildman–Crippen MR) is 79.0 cm³/mol. The number of hydrogen-bond acceptors (Lipinski definition) is 3. The summed E-state index contributed by atoms with van der Waals surface area (Å²) >= 11 is 7.22. The van der Waals surface area contributed by atoms with Crippen LogP contribution in [0, 0.1) is 0 Å². The molecule has 104 valence electrons. The van der Waals surface area contributed by atoms with Crippen molar-refractivity contribution in [3.05, 3.63) is 22.4 Å². The second kappa shape index (κ2) is 7.48. The Morgan fingerprint density at radius 3 is 2.72 bits per heavy atom. The Morgan fingerprint density at radius 2 is 2.17 bits per heavy atom. The van der Waals surface area contributed by atoms with Gasteiger partial charge in [0.2, 0.25) is 10.0 Å². The van der Waals surface area contributed by atoms with Crippen LogP contribution in [0.15, 0.2) is 17.5 Å². The molecule has 0 radical (unpaired) electrons. The summed E-state index contributed by atoms with van der Waals surface area (Å²) in [5, 5.41) is 2.01. The minimum atomic E-state index is -3.16. The van der Waals surface area contributed by atoms with Gasteiger partial charge >= 0.3 is 0 Å². The second-order valence-electron chi connectivity index (χ2n) is 4.36. The first-order valence-corrected chi connectivity index (χ1v) is 9.03. The fourth-order valence-corrected chi connectivity index (χ4v) is 4.14. The quantitative estimate of drug-likeness (QED) is 0.547. The van der Waals surface area contributed by atoms with Crippen LogP contribution in [-0.4, -0.2) is 37.4 Å². The zero-order valence-corrected chi connectivity index (χ0v) is 13.2. The Labute approximate surface area is 119 Å². The average Bonchev–Trinajstić information content (AvgIpc) is 2.81. The number of hydrogen-bond donors (Lipinski definition) is 0. The molecule has 0 amide bonds. The van der Waals surface area contributed by atoms with Crippen molar-refractivity contribution in [1.82, 2.24) is 4.31 Å². The van der Waals surface area contributed by atoms with Crippen molar-refractivity contribution in [1.29, 1.82) is 0 Å². The molecule has 0 aliphatic heterocycles. The summed E-state index contributed by atoms with van der Waals surface area (Å²) < 4.78 is 25.6. The van der Waals surface area contributed by atoms with Crippen molar-refractivity contribution in [2.75, 3.05) is 18.7 Å². The van der Waals surface area contributed by atoms with Crippen molar-refractivity contribution >= 4 is 33.0 Å². The van der Waals surface area contributed by atoms with Gasteiger partial charge in [-0.2, -0.15) is 0 Å². The van der Waals surface area contributed by atoms with Gasteiger partial charge in [0.05, 0.1) is 5.75 Å². The zero-order valence-electron chi connectivity index (χ0n) is 10.8. The van der Waals surface area contributed by atoms with Crippen molar-refractivity contribution in [2.45, 2.75) is 32.2 Å². The van der Waals surface area contributed by atoms with Gasteiger partial charge in [0.25, 0.3) is 0 Å². The van der Waals surface area contributed by atoms with E-state index in [4.69, 9.17) is 11.6 Å². The van der Waals surface area contributed by atoms with Crippen molar-refractivity contribution in [3.63, 3.8) is 0 Å². The first kappa shape index (κ1) is 16.0. The fourth-order valence-electron chi connectivity index (χ4n) is 1.65. The van der Waals surface area contributed by atoms with Crippen LogP contribution in [0.25, 0.3) is 0 Å². The highest BCUT2D eigenvalue weighted by Crippen LogP contribution is 2.16. The summed E-state index contributed by atoms with van der Waals surface area (Å²) in [5.41, 5.74) is 0. The third-order valence-electron chi connectivity index (χ3n) is 2.92. The van der Waals surface area contributed by atoms with Crippen molar-refractivity contribution in [2.24, 2.45) is 0 Å². The van der Waals surface area contributed by atoms with E-state index in [0.29, 0.717) is 12.3 Å². The Bertz CT molecular complexity index is 431. The summed E-state index contributed by atoms with van der Waals surface area (Å²) in [5.74, 6) is 0.703. The Kier molecular flexibility index (Phi) is 6.63. The van der Waals surface area contributed by atoms with Crippen LogP contribution in [0.2, 0.25) is 0 Å². The third-order valence-corrected chi connectivity index (χ3v) is 6.13. The second-order valence-corrected chi connectivity index (χ2v) is 7.92. The molecule has 0 fully saturated rings. The van der Waals surface area contributed by atoms with Crippen molar-refractivity contribution in [3.8, 4) is 0 Å². The van der Waals surface area contributed by atoms with E-state index < -0.39 is 10.0 Å². The number of thiophene rings is 1. The van der Waals surface area contributed by atoms with E-state index in [1.807, 2.05) is 24.4 Å². The first-order chi connectivity index (χ1) is 8.47. The Morgan fingerprint density at radius 1 is 1.44 bits per heavy atom. The SMILES string of the molecule is CC(Cc1cccs1)N(C)S(=O)(=O)CCCCCl. The summed E-state index contributed by atoms with van der Waals surface area (Å²) in [6.07, 6.45) is 2.14. The molecule has 1 unspecified atom stereocenters. The number of nitrogens with zero attached hydrogens (tertiary/aromatic N) is 1. The highest BCUT2D eigenvalue weighted by atomic mass is 35.5. The van der Waals surface area contributed by atoms with E-state index >= 15 is 0 Å². The van der Waals surface area contributed by atoms with E-state index in [0.717, 1.165) is 12.8 Å². The average molecular weight is 310 g/mol. The van der Waals surface area contributed by atoms with Gasteiger partial charge in [-0.3, -0.25) is 0 Å². The molecule has 0 bridgehead atoms. The van der Waals surface area contributed by atoms with Crippen LogP contribution in [0.5, 0.6) is 0 Å². The third kappa shape index (κ3) is 4.88. The lowest BCUT2D eigenvalue weighted by Crippen LogP contribution is -2.37. The molecule has 1 heterocycles. The molecule has 0 aliphatic rings. The van der Waals surface area contributed by atoms with Crippen molar-refractivity contribution < 1.29 is 8.42 Å². The first-order valence-electron chi connectivity index (χ1n) is 6.01. The van der Waals surface area contributed by atoms with Crippen LogP contribution in [0.1, 0.15) is 24.6 Å². The van der Waals surface area contributed by atoms with E-state index in [2.05, 4.69) is 0 Å². The molecule has 0 saturated carbocycles. The summed E-state index contributed by atoms with van der Waals surface area (Å²) in [6, 6.07) is 4.02. The molecule has 1 aromatic rings. The summed E-state index contributed by atoms with van der Waals surface area (Å²) in [4.78, 5) is 1.21. The van der Waals surface area contributed by atoms with Gasteiger partial charge in [-0.25, -0.2) is 12.7 Å². The van der Waals surface area contributed by atoms with Gasteiger partial charge < -0.3 is 0 Å². The van der Waals surface area contributed by atoms with Gasteiger partial charge in [-0.05, 0) is 37.6 Å². The maximum atomic E-state index is 12.1. The summed E-state index contributed by atoms with van der Waals surface area (Å²) in [6.45, 7) is 1.94. The Hall–Kier alpha value is -0.100. The van der Waals surface area contributed by atoms with E-state index in [9.17, 15) is 8.42 Å². The molecule has 6 heteroatoms. The molecule has 0 saturated heterocycles. The highest BCUT2D eigenvalue weighted by molar-refractivity contribution is 7.89. The lowest BCUT2D eigenvalue weighted by Gasteiger charge is -2.23. The smallest absolute Gasteiger partial charge is 0.212 e. The standard InChI is InChI=1S/C12H20ClNO2S2/c1-11(10-12-6-5-8-17-12)14(2)18(15,16)9-4-3-7-13/h5-6,8,11H,3-4,7,9-10H2,1-2H3. The molecular weight excluding hydrogens is 290 g/mol. The lowest BCUT2D eigenvalue weighted by atomic mass is 10.2. The number of sulfonamides is 1. The van der Waals surface area contributed by atoms with E-state index in [-0.39, 0.29) is 11.8 Å². The highest BCUT2D eigenvalue weighted by Gasteiger charge is 2.22. The fraction of sp³-hybridized carbons (Fsp3) is 0.667. The monoisotopic (exact) mass is 309 g/mol.